The molecule has 1 N–H and O–H groups in total. The van der Waals surface area contributed by atoms with Gasteiger partial charge in [-0.05, 0) is 25.0 Å². The van der Waals surface area contributed by atoms with E-state index in [9.17, 15) is 9.59 Å². The van der Waals surface area contributed by atoms with Crippen molar-refractivity contribution in [1.29, 1.82) is 0 Å². The van der Waals surface area contributed by atoms with E-state index in [0.717, 1.165) is 17.5 Å². The predicted octanol–water partition coefficient (Wildman–Crippen LogP) is 1.37. The Morgan fingerprint density at radius 2 is 1.96 bits per heavy atom. The molecule has 2 aromatic rings. The Kier molecular flexibility index (Phi) is 6.05. The second kappa shape index (κ2) is 8.24. The summed E-state index contributed by atoms with van der Waals surface area (Å²) in [5.74, 6) is -0.293. The van der Waals surface area contributed by atoms with Crippen molar-refractivity contribution < 1.29 is 9.53 Å². The minimum atomic E-state index is -0.293. The van der Waals surface area contributed by atoms with Crippen molar-refractivity contribution in [1.82, 2.24) is 15.1 Å². The van der Waals surface area contributed by atoms with E-state index in [1.165, 1.54) is 16.8 Å². The molecule has 0 saturated carbocycles. The van der Waals surface area contributed by atoms with Crippen molar-refractivity contribution in [3.05, 3.63) is 63.6 Å². The summed E-state index contributed by atoms with van der Waals surface area (Å²) in [5.41, 5.74) is 2.11. The Morgan fingerprint density at radius 1 is 1.22 bits per heavy atom. The van der Waals surface area contributed by atoms with Gasteiger partial charge in [-0.25, -0.2) is 4.68 Å². The lowest BCUT2D eigenvalue weighted by Crippen LogP contribution is -2.30. The van der Waals surface area contributed by atoms with Crippen LogP contribution in [0.1, 0.15) is 28.0 Å². The molecule has 1 amide bonds. The summed E-state index contributed by atoms with van der Waals surface area (Å²) in [6, 6.07) is 10.7. The summed E-state index contributed by atoms with van der Waals surface area (Å²) in [6.45, 7) is 3.43. The molecule has 0 unspecified atom stereocenters. The molecule has 2 rings (SSSR count). The molecule has 0 saturated heterocycles. The van der Waals surface area contributed by atoms with Gasteiger partial charge in [0.1, 0.15) is 5.69 Å². The molecule has 0 aliphatic heterocycles. The lowest BCUT2D eigenvalue weighted by molar-refractivity contribution is 0.0941. The zero-order valence-corrected chi connectivity index (χ0v) is 13.4. The highest BCUT2D eigenvalue weighted by molar-refractivity contribution is 5.91. The Labute approximate surface area is 135 Å². The fourth-order valence-corrected chi connectivity index (χ4v) is 2.06. The summed E-state index contributed by atoms with van der Waals surface area (Å²) in [7, 11) is 1.62. The van der Waals surface area contributed by atoms with Crippen LogP contribution >= 0.6 is 0 Å². The molecule has 0 bridgehead atoms. The Bertz CT molecular complexity index is 708. The maximum absolute atomic E-state index is 12.0. The van der Waals surface area contributed by atoms with E-state index in [0.29, 0.717) is 19.7 Å². The minimum absolute atomic E-state index is 0.231. The molecule has 6 heteroatoms. The highest BCUT2D eigenvalue weighted by Crippen LogP contribution is 2.04. The number of nitrogens with zero attached hydrogens (tertiary/aromatic N) is 2. The molecule has 1 aromatic heterocycles. The standard InChI is InChI=1S/C17H21N3O3/c1-13-4-6-14(7-5-13)12-20-16(21)9-8-15(19-20)17(22)18-10-3-11-23-2/h4-9H,3,10-12H2,1-2H3,(H,18,22). The number of aryl methyl sites for hydroxylation is 1. The van der Waals surface area contributed by atoms with Gasteiger partial charge in [0.05, 0.1) is 6.54 Å². The number of methoxy groups -OCH3 is 1. The van der Waals surface area contributed by atoms with Gasteiger partial charge >= 0.3 is 0 Å². The van der Waals surface area contributed by atoms with Crippen molar-refractivity contribution >= 4 is 5.91 Å². The highest BCUT2D eigenvalue weighted by atomic mass is 16.5. The van der Waals surface area contributed by atoms with Gasteiger partial charge in [-0.1, -0.05) is 29.8 Å². The van der Waals surface area contributed by atoms with Crippen molar-refractivity contribution in [3.8, 4) is 0 Å². The van der Waals surface area contributed by atoms with Gasteiger partial charge in [-0.3, -0.25) is 9.59 Å². The summed E-state index contributed by atoms with van der Waals surface area (Å²) >= 11 is 0. The summed E-state index contributed by atoms with van der Waals surface area (Å²) in [5, 5.41) is 6.90. The van der Waals surface area contributed by atoms with Crippen LogP contribution in [0.15, 0.2) is 41.2 Å². The van der Waals surface area contributed by atoms with Gasteiger partial charge in [-0.2, -0.15) is 5.10 Å². The molecular weight excluding hydrogens is 294 g/mol. The first-order valence-corrected chi connectivity index (χ1v) is 7.51. The van der Waals surface area contributed by atoms with Crippen LogP contribution in [-0.2, 0) is 11.3 Å². The van der Waals surface area contributed by atoms with E-state index in [2.05, 4.69) is 10.4 Å². The fourth-order valence-electron chi connectivity index (χ4n) is 2.06. The van der Waals surface area contributed by atoms with Crippen LogP contribution < -0.4 is 10.9 Å². The van der Waals surface area contributed by atoms with Gasteiger partial charge < -0.3 is 10.1 Å². The van der Waals surface area contributed by atoms with E-state index in [1.54, 1.807) is 7.11 Å². The third-order valence-electron chi connectivity index (χ3n) is 3.36. The maximum atomic E-state index is 12.0. The molecule has 122 valence electrons. The second-order valence-electron chi connectivity index (χ2n) is 5.30. The summed E-state index contributed by atoms with van der Waals surface area (Å²) < 4.78 is 6.23. The molecule has 0 radical (unpaired) electrons. The average molecular weight is 315 g/mol. The third kappa shape index (κ3) is 5.03. The lowest BCUT2D eigenvalue weighted by atomic mass is 10.1. The SMILES string of the molecule is COCCCNC(=O)c1ccc(=O)n(Cc2ccc(C)cc2)n1. The number of rotatable bonds is 7. The lowest BCUT2D eigenvalue weighted by Gasteiger charge is -2.08. The van der Waals surface area contributed by atoms with E-state index >= 15 is 0 Å². The molecule has 23 heavy (non-hydrogen) atoms. The van der Waals surface area contributed by atoms with Gasteiger partial charge in [-0.15, -0.1) is 0 Å². The van der Waals surface area contributed by atoms with Crippen molar-refractivity contribution in [2.24, 2.45) is 0 Å². The van der Waals surface area contributed by atoms with Crippen LogP contribution in [0.4, 0.5) is 0 Å². The first-order valence-electron chi connectivity index (χ1n) is 7.51. The minimum Gasteiger partial charge on any atom is -0.385 e. The molecule has 1 heterocycles. The van der Waals surface area contributed by atoms with Crippen LogP contribution in [0.2, 0.25) is 0 Å². The largest absolute Gasteiger partial charge is 0.385 e. The molecule has 0 atom stereocenters. The third-order valence-corrected chi connectivity index (χ3v) is 3.36. The smallest absolute Gasteiger partial charge is 0.271 e. The molecular formula is C17H21N3O3. The molecule has 0 spiro atoms. The second-order valence-corrected chi connectivity index (χ2v) is 5.30. The number of hydrogen-bond donors (Lipinski definition) is 1. The van der Waals surface area contributed by atoms with Gasteiger partial charge in [0.15, 0.2) is 0 Å². The Balaban J connectivity index is 2.07. The number of aromatic nitrogens is 2. The van der Waals surface area contributed by atoms with E-state index in [4.69, 9.17) is 4.74 Å². The average Bonchev–Trinajstić information content (AvgIpc) is 2.55. The molecule has 6 nitrogen and oxygen atoms in total. The highest BCUT2D eigenvalue weighted by Gasteiger charge is 2.09. The maximum Gasteiger partial charge on any atom is 0.271 e. The van der Waals surface area contributed by atoms with Crippen molar-refractivity contribution in [3.63, 3.8) is 0 Å². The quantitative estimate of drug-likeness (QED) is 0.783. The fraction of sp³-hybridized carbons (Fsp3) is 0.353. The number of amides is 1. The predicted molar refractivity (Wildman–Crippen MR) is 87.6 cm³/mol. The van der Waals surface area contributed by atoms with Crippen LogP contribution in [0, 0.1) is 6.92 Å². The van der Waals surface area contributed by atoms with E-state index in [1.807, 2.05) is 31.2 Å². The van der Waals surface area contributed by atoms with Crippen LogP contribution in [0.5, 0.6) is 0 Å². The topological polar surface area (TPSA) is 73.2 Å². The molecule has 0 aliphatic carbocycles. The Morgan fingerprint density at radius 3 is 2.65 bits per heavy atom. The first-order chi connectivity index (χ1) is 11.1. The number of ether oxygens (including phenoxy) is 1. The van der Waals surface area contributed by atoms with Crippen LogP contribution in [-0.4, -0.2) is 35.9 Å². The zero-order valence-electron chi connectivity index (χ0n) is 13.4. The van der Waals surface area contributed by atoms with Crippen molar-refractivity contribution in [2.45, 2.75) is 19.9 Å². The summed E-state index contributed by atoms with van der Waals surface area (Å²) in [4.78, 5) is 24.0. The van der Waals surface area contributed by atoms with Crippen LogP contribution in [0.25, 0.3) is 0 Å². The number of nitrogens with one attached hydrogen (secondary N) is 1. The molecule has 1 aromatic carbocycles. The number of benzene rings is 1. The number of carbonyl (C=O) groups is 1. The van der Waals surface area contributed by atoms with Crippen molar-refractivity contribution in [2.75, 3.05) is 20.3 Å². The van der Waals surface area contributed by atoms with Gasteiger partial charge in [0, 0.05) is 26.3 Å². The monoisotopic (exact) mass is 315 g/mol. The Hall–Kier alpha value is -2.47. The van der Waals surface area contributed by atoms with E-state index in [-0.39, 0.29) is 17.2 Å². The molecule has 0 fully saturated rings. The summed E-state index contributed by atoms with van der Waals surface area (Å²) in [6.07, 6.45) is 0.727. The number of carbonyl (C=O) groups excluding carboxylic acids is 1. The number of hydrogen-bond acceptors (Lipinski definition) is 4. The van der Waals surface area contributed by atoms with Gasteiger partial charge in [0.2, 0.25) is 0 Å². The van der Waals surface area contributed by atoms with Gasteiger partial charge in [0.25, 0.3) is 11.5 Å². The molecule has 0 aliphatic rings. The van der Waals surface area contributed by atoms with Crippen LogP contribution in [0.3, 0.4) is 0 Å². The van der Waals surface area contributed by atoms with E-state index < -0.39 is 0 Å². The first kappa shape index (κ1) is 16.9. The zero-order chi connectivity index (χ0) is 16.7. The normalized spacial score (nSPS) is 10.5.